The number of hydrogen-bond acceptors (Lipinski definition) is 5. The Balaban J connectivity index is 1.80. The Kier molecular flexibility index (Phi) is 3.10. The number of ether oxygens (including phenoxy) is 2. The SMILES string of the molecule is COC1=C2O[C@H]3C(=O)C=CC4(CC(=O)O)[C@H]5CC(C=C1)C2[C@@]34CCN5C. The van der Waals surface area contributed by atoms with E-state index in [1.807, 2.05) is 12.2 Å². The number of carbonyl (C=O) groups excluding carboxylic acids is 1. The Morgan fingerprint density at radius 3 is 3.00 bits per heavy atom. The summed E-state index contributed by atoms with van der Waals surface area (Å²) in [5.41, 5.74) is -1.11. The van der Waals surface area contributed by atoms with Crippen molar-refractivity contribution in [3.8, 4) is 0 Å². The number of ketones is 1. The molecular weight excluding hydrogens is 334 g/mol. The van der Waals surface area contributed by atoms with Gasteiger partial charge in [0.2, 0.25) is 0 Å². The third kappa shape index (κ3) is 1.62. The second kappa shape index (κ2) is 5.00. The lowest BCUT2D eigenvalue weighted by molar-refractivity contribution is -0.178. The van der Waals surface area contributed by atoms with Crippen molar-refractivity contribution in [3.05, 3.63) is 35.8 Å². The molecule has 1 saturated carbocycles. The van der Waals surface area contributed by atoms with Crippen LogP contribution in [0.15, 0.2) is 35.8 Å². The number of allylic oxidation sites excluding steroid dienone is 3. The van der Waals surface area contributed by atoms with Crippen LogP contribution in [0.3, 0.4) is 0 Å². The predicted octanol–water partition coefficient (Wildman–Crippen LogP) is 1.74. The molecule has 6 heteroatoms. The first kappa shape index (κ1) is 16.1. The number of carboxylic acid groups (broad SMARTS) is 1. The van der Waals surface area contributed by atoms with Gasteiger partial charge in [0.15, 0.2) is 17.6 Å². The highest BCUT2D eigenvalue weighted by molar-refractivity contribution is 5.97. The van der Waals surface area contributed by atoms with Gasteiger partial charge >= 0.3 is 5.97 Å². The summed E-state index contributed by atoms with van der Waals surface area (Å²) in [5.74, 6) is 0.793. The highest BCUT2D eigenvalue weighted by Gasteiger charge is 2.76. The van der Waals surface area contributed by atoms with Gasteiger partial charge in [-0.05, 0) is 44.5 Å². The molecule has 2 saturated heterocycles. The van der Waals surface area contributed by atoms with Crippen LogP contribution in [-0.4, -0.2) is 54.6 Å². The van der Waals surface area contributed by atoms with Crippen LogP contribution in [0.2, 0.25) is 0 Å². The standard InChI is InChI=1S/C20H23NO5/c1-21-8-7-20-16-11-3-4-13(25-2)17(16)26-18(20)12(22)5-6-19(20,10-15(23)24)14(21)9-11/h3-6,11,14,16,18H,7-10H2,1-2H3,(H,23,24)/t11?,14-,16?,18+,19?,20+/m1/s1. The van der Waals surface area contributed by atoms with E-state index in [-0.39, 0.29) is 30.1 Å². The average Bonchev–Trinajstić information content (AvgIpc) is 2.96. The number of aliphatic carboxylic acids is 1. The quantitative estimate of drug-likeness (QED) is 0.829. The molecule has 26 heavy (non-hydrogen) atoms. The normalized spacial score (nSPS) is 45.4. The van der Waals surface area contributed by atoms with Gasteiger partial charge in [-0.25, -0.2) is 0 Å². The fourth-order valence-corrected chi connectivity index (χ4v) is 6.69. The van der Waals surface area contributed by atoms with Gasteiger partial charge in [-0.3, -0.25) is 9.59 Å². The summed E-state index contributed by atoms with van der Waals surface area (Å²) in [5, 5.41) is 9.77. The van der Waals surface area contributed by atoms with Crippen LogP contribution in [0.25, 0.3) is 0 Å². The van der Waals surface area contributed by atoms with Gasteiger partial charge in [0.05, 0.1) is 13.5 Å². The minimum atomic E-state index is -0.823. The molecule has 1 N–H and O–H groups in total. The minimum absolute atomic E-state index is 0.00523. The fraction of sp³-hybridized carbons (Fsp3) is 0.600. The molecule has 3 aliphatic carbocycles. The van der Waals surface area contributed by atoms with E-state index in [0.29, 0.717) is 5.76 Å². The summed E-state index contributed by atoms with van der Waals surface area (Å²) in [4.78, 5) is 27.0. The van der Waals surface area contributed by atoms with Crippen LogP contribution in [0, 0.1) is 22.7 Å². The van der Waals surface area contributed by atoms with Gasteiger partial charge in [0, 0.05) is 22.8 Å². The van der Waals surface area contributed by atoms with Crippen molar-refractivity contribution in [3.63, 3.8) is 0 Å². The lowest BCUT2D eigenvalue weighted by Crippen LogP contribution is -2.71. The molecule has 6 nitrogen and oxygen atoms in total. The van der Waals surface area contributed by atoms with Gasteiger partial charge in [-0.1, -0.05) is 12.2 Å². The second-order valence-corrected chi connectivity index (χ2v) is 8.30. The number of rotatable bonds is 3. The van der Waals surface area contributed by atoms with E-state index in [1.165, 1.54) is 0 Å². The monoisotopic (exact) mass is 357 g/mol. The largest absolute Gasteiger partial charge is 0.493 e. The van der Waals surface area contributed by atoms with Crippen molar-refractivity contribution >= 4 is 11.8 Å². The van der Waals surface area contributed by atoms with E-state index >= 15 is 0 Å². The number of nitrogens with zero attached hydrogens (tertiary/aromatic N) is 1. The van der Waals surface area contributed by atoms with Crippen LogP contribution >= 0.6 is 0 Å². The van der Waals surface area contributed by atoms with Crippen molar-refractivity contribution in [2.45, 2.75) is 31.4 Å². The number of methoxy groups -OCH3 is 1. The Labute approximate surface area is 152 Å². The first-order valence-electron chi connectivity index (χ1n) is 9.23. The predicted molar refractivity (Wildman–Crippen MR) is 91.9 cm³/mol. The van der Waals surface area contributed by atoms with Crippen LogP contribution in [0.5, 0.6) is 0 Å². The first-order chi connectivity index (χ1) is 12.4. The molecule has 2 heterocycles. The maximum Gasteiger partial charge on any atom is 0.304 e. The summed E-state index contributed by atoms with van der Waals surface area (Å²) < 4.78 is 11.8. The topological polar surface area (TPSA) is 76.1 Å². The van der Waals surface area contributed by atoms with Crippen LogP contribution in [0.1, 0.15) is 19.3 Å². The molecule has 5 aliphatic rings. The van der Waals surface area contributed by atoms with Gasteiger partial charge < -0.3 is 19.5 Å². The average molecular weight is 357 g/mol. The molecule has 5 rings (SSSR count). The molecule has 0 aromatic heterocycles. The third-order valence-corrected chi connectivity index (χ3v) is 7.55. The van der Waals surface area contributed by atoms with Gasteiger partial charge in [0.1, 0.15) is 5.76 Å². The number of likely N-dealkylation sites (tertiary alicyclic amines) is 1. The van der Waals surface area contributed by atoms with Crippen molar-refractivity contribution in [1.29, 1.82) is 0 Å². The molecule has 0 radical (unpaired) electrons. The molecule has 138 valence electrons. The van der Waals surface area contributed by atoms with E-state index in [9.17, 15) is 14.7 Å². The highest BCUT2D eigenvalue weighted by atomic mass is 16.5. The van der Waals surface area contributed by atoms with E-state index in [4.69, 9.17) is 9.47 Å². The molecular formula is C20H23NO5. The Morgan fingerprint density at radius 2 is 2.27 bits per heavy atom. The lowest BCUT2D eigenvalue weighted by Gasteiger charge is -2.65. The van der Waals surface area contributed by atoms with Crippen LogP contribution in [0.4, 0.5) is 0 Å². The highest BCUT2D eigenvalue weighted by Crippen LogP contribution is 2.72. The van der Waals surface area contributed by atoms with Crippen LogP contribution in [-0.2, 0) is 19.1 Å². The zero-order valence-corrected chi connectivity index (χ0v) is 15.0. The Hall–Kier alpha value is -2.08. The summed E-state index contributed by atoms with van der Waals surface area (Å²) in [6, 6.07) is 0.0807. The van der Waals surface area contributed by atoms with Crippen molar-refractivity contribution < 1.29 is 24.2 Å². The molecule has 3 unspecified atom stereocenters. The second-order valence-electron chi connectivity index (χ2n) is 8.30. The zero-order chi connectivity index (χ0) is 18.3. The van der Waals surface area contributed by atoms with Crippen molar-refractivity contribution in [2.24, 2.45) is 22.7 Å². The maximum atomic E-state index is 12.8. The molecule has 2 bridgehead atoms. The first-order valence-corrected chi connectivity index (χ1v) is 9.23. The zero-order valence-electron chi connectivity index (χ0n) is 15.0. The van der Waals surface area contributed by atoms with E-state index in [0.717, 1.165) is 25.1 Å². The van der Waals surface area contributed by atoms with Gasteiger partial charge in [-0.2, -0.15) is 0 Å². The molecule has 6 atom stereocenters. The molecule has 1 spiro atoms. The van der Waals surface area contributed by atoms with E-state index in [2.05, 4.69) is 18.0 Å². The molecule has 0 amide bonds. The van der Waals surface area contributed by atoms with Crippen LogP contribution < -0.4 is 0 Å². The molecule has 3 fully saturated rings. The van der Waals surface area contributed by atoms with Crippen molar-refractivity contribution in [2.75, 3.05) is 20.7 Å². The minimum Gasteiger partial charge on any atom is -0.493 e. The number of carbonyl (C=O) groups is 2. The Morgan fingerprint density at radius 1 is 1.46 bits per heavy atom. The smallest absolute Gasteiger partial charge is 0.304 e. The molecule has 0 aromatic carbocycles. The van der Waals surface area contributed by atoms with Gasteiger partial charge in [0.25, 0.3) is 0 Å². The third-order valence-electron chi connectivity index (χ3n) is 7.55. The van der Waals surface area contributed by atoms with E-state index < -0.39 is 22.9 Å². The maximum absolute atomic E-state index is 12.8. The summed E-state index contributed by atoms with van der Waals surface area (Å²) in [6.45, 7) is 0.843. The summed E-state index contributed by atoms with van der Waals surface area (Å²) >= 11 is 0. The number of piperidine rings is 1. The van der Waals surface area contributed by atoms with Crippen molar-refractivity contribution in [1.82, 2.24) is 4.90 Å². The lowest BCUT2D eigenvalue weighted by atomic mass is 9.40. The number of carboxylic acids is 1. The summed E-state index contributed by atoms with van der Waals surface area (Å²) in [7, 11) is 3.68. The molecule has 2 aliphatic heterocycles. The summed E-state index contributed by atoms with van der Waals surface area (Å²) in [6.07, 6.45) is 8.61. The Bertz CT molecular complexity index is 798. The molecule has 0 aromatic rings. The van der Waals surface area contributed by atoms with E-state index in [1.54, 1.807) is 13.2 Å². The fourth-order valence-electron chi connectivity index (χ4n) is 6.69. The number of hydrogen-bond donors (Lipinski definition) is 1. The van der Waals surface area contributed by atoms with Gasteiger partial charge in [-0.15, -0.1) is 0 Å².